The van der Waals surface area contributed by atoms with Crippen LogP contribution in [0.1, 0.15) is 30.9 Å². The molecule has 0 saturated heterocycles. The highest BCUT2D eigenvalue weighted by Crippen LogP contribution is 2.31. The van der Waals surface area contributed by atoms with Gasteiger partial charge in [-0.25, -0.2) is 4.68 Å². The predicted octanol–water partition coefficient (Wildman–Crippen LogP) is 2.94. The largest absolute Gasteiger partial charge is 0.338 e. The number of amides is 1. The van der Waals surface area contributed by atoms with Crippen LogP contribution in [0.3, 0.4) is 0 Å². The van der Waals surface area contributed by atoms with Crippen molar-refractivity contribution in [3.63, 3.8) is 0 Å². The first kappa shape index (κ1) is 13.9. The minimum absolute atomic E-state index is 0.277. The quantitative estimate of drug-likeness (QED) is 0.846. The zero-order chi connectivity index (χ0) is 14.8. The van der Waals surface area contributed by atoms with Crippen LogP contribution in [0.5, 0.6) is 0 Å². The van der Waals surface area contributed by atoms with Crippen molar-refractivity contribution in [1.82, 2.24) is 14.7 Å². The Bertz CT molecular complexity index is 629. The number of carbonyl (C=O) groups is 1. The monoisotopic (exact) mass is 283 g/mol. The van der Waals surface area contributed by atoms with Gasteiger partial charge in [-0.15, -0.1) is 0 Å². The van der Waals surface area contributed by atoms with E-state index in [2.05, 4.69) is 30.2 Å². The number of aromatic nitrogens is 2. The zero-order valence-electron chi connectivity index (χ0n) is 12.6. The normalized spacial score (nSPS) is 14.2. The molecule has 1 fully saturated rings. The fourth-order valence-electron chi connectivity index (χ4n) is 2.53. The lowest BCUT2D eigenvalue weighted by Crippen LogP contribution is -2.31. The third-order valence-electron chi connectivity index (χ3n) is 4.08. The molecule has 0 radical (unpaired) electrons. The van der Waals surface area contributed by atoms with Crippen LogP contribution < -0.4 is 0 Å². The standard InChI is InChI=1S/C17H21N3O/c1-3-19(17(21)14-6-7-14)12-15-11-16(8-5-13(15)2)20-10-4-9-18-20/h4-5,8-11,14H,3,6-7,12H2,1-2H3. The summed E-state index contributed by atoms with van der Waals surface area (Å²) in [6.07, 6.45) is 5.82. The summed E-state index contributed by atoms with van der Waals surface area (Å²) in [5, 5.41) is 4.27. The van der Waals surface area contributed by atoms with Crippen LogP contribution in [-0.2, 0) is 11.3 Å². The maximum absolute atomic E-state index is 12.3. The molecule has 1 aliphatic carbocycles. The van der Waals surface area contributed by atoms with Crippen molar-refractivity contribution in [1.29, 1.82) is 0 Å². The SMILES string of the molecule is CCN(Cc1cc(-n2cccn2)ccc1C)C(=O)C1CC1. The van der Waals surface area contributed by atoms with Gasteiger partial charge in [-0.3, -0.25) is 4.79 Å². The minimum atomic E-state index is 0.277. The molecule has 1 heterocycles. The third kappa shape index (κ3) is 2.99. The van der Waals surface area contributed by atoms with E-state index in [1.54, 1.807) is 6.20 Å². The zero-order valence-corrected chi connectivity index (χ0v) is 12.6. The van der Waals surface area contributed by atoms with Crippen molar-refractivity contribution in [2.24, 2.45) is 5.92 Å². The van der Waals surface area contributed by atoms with Crippen molar-refractivity contribution in [2.75, 3.05) is 6.54 Å². The number of hydrogen-bond donors (Lipinski definition) is 0. The molecule has 1 saturated carbocycles. The molecule has 3 rings (SSSR count). The van der Waals surface area contributed by atoms with Crippen LogP contribution in [0.15, 0.2) is 36.7 Å². The maximum atomic E-state index is 12.3. The summed E-state index contributed by atoms with van der Waals surface area (Å²) < 4.78 is 1.85. The first-order chi connectivity index (χ1) is 10.2. The van der Waals surface area contributed by atoms with E-state index in [4.69, 9.17) is 0 Å². The van der Waals surface area contributed by atoms with Crippen molar-refractivity contribution in [3.05, 3.63) is 47.8 Å². The van der Waals surface area contributed by atoms with Gasteiger partial charge < -0.3 is 4.90 Å². The minimum Gasteiger partial charge on any atom is -0.338 e. The molecular formula is C17H21N3O. The van der Waals surface area contributed by atoms with Gasteiger partial charge in [-0.2, -0.15) is 5.10 Å². The molecule has 4 heteroatoms. The number of nitrogens with zero attached hydrogens (tertiary/aromatic N) is 3. The van der Waals surface area contributed by atoms with Gasteiger partial charge in [0.25, 0.3) is 0 Å². The van der Waals surface area contributed by atoms with Gasteiger partial charge in [-0.1, -0.05) is 6.07 Å². The summed E-state index contributed by atoms with van der Waals surface area (Å²) in [7, 11) is 0. The van der Waals surface area contributed by atoms with Crippen LogP contribution in [0.25, 0.3) is 5.69 Å². The average molecular weight is 283 g/mol. The molecule has 4 nitrogen and oxygen atoms in total. The molecule has 1 aliphatic rings. The molecule has 1 aromatic heterocycles. The Morgan fingerprint density at radius 2 is 2.24 bits per heavy atom. The first-order valence-electron chi connectivity index (χ1n) is 7.57. The van der Waals surface area contributed by atoms with E-state index in [0.29, 0.717) is 12.5 Å². The van der Waals surface area contributed by atoms with Crippen LogP contribution in [0.2, 0.25) is 0 Å². The fraction of sp³-hybridized carbons (Fsp3) is 0.412. The Hall–Kier alpha value is -2.10. The van der Waals surface area contributed by atoms with Crippen LogP contribution in [0, 0.1) is 12.8 Å². The van der Waals surface area contributed by atoms with Gasteiger partial charge in [0.05, 0.1) is 5.69 Å². The Balaban J connectivity index is 1.83. The topological polar surface area (TPSA) is 38.1 Å². The highest BCUT2D eigenvalue weighted by atomic mass is 16.2. The second kappa shape index (κ2) is 5.72. The molecule has 0 atom stereocenters. The predicted molar refractivity (Wildman–Crippen MR) is 82.1 cm³/mol. The Morgan fingerprint density at radius 3 is 2.86 bits per heavy atom. The molecule has 0 bridgehead atoms. The van der Waals surface area contributed by atoms with Gasteiger partial charge in [-0.05, 0) is 56.0 Å². The molecule has 21 heavy (non-hydrogen) atoms. The van der Waals surface area contributed by atoms with Gasteiger partial charge in [0.15, 0.2) is 0 Å². The fourth-order valence-corrected chi connectivity index (χ4v) is 2.53. The average Bonchev–Trinajstić information content (AvgIpc) is 3.21. The van der Waals surface area contributed by atoms with Crippen LogP contribution in [-0.4, -0.2) is 27.1 Å². The van der Waals surface area contributed by atoms with E-state index < -0.39 is 0 Å². The lowest BCUT2D eigenvalue weighted by Gasteiger charge is -2.22. The molecule has 0 unspecified atom stereocenters. The number of hydrogen-bond acceptors (Lipinski definition) is 2. The van der Waals surface area contributed by atoms with E-state index in [1.165, 1.54) is 11.1 Å². The van der Waals surface area contributed by atoms with Crippen molar-refractivity contribution in [2.45, 2.75) is 33.2 Å². The molecular weight excluding hydrogens is 262 g/mol. The van der Waals surface area contributed by atoms with E-state index in [-0.39, 0.29) is 5.92 Å². The van der Waals surface area contributed by atoms with E-state index in [9.17, 15) is 4.79 Å². The van der Waals surface area contributed by atoms with Crippen molar-refractivity contribution in [3.8, 4) is 5.69 Å². The Kier molecular flexibility index (Phi) is 3.78. The van der Waals surface area contributed by atoms with Gasteiger partial charge >= 0.3 is 0 Å². The summed E-state index contributed by atoms with van der Waals surface area (Å²) in [6.45, 7) is 5.60. The smallest absolute Gasteiger partial charge is 0.225 e. The second-order valence-electron chi connectivity index (χ2n) is 5.69. The molecule has 110 valence electrons. The summed E-state index contributed by atoms with van der Waals surface area (Å²) in [5.74, 6) is 0.584. The van der Waals surface area contributed by atoms with Gasteiger partial charge in [0.1, 0.15) is 0 Å². The second-order valence-corrected chi connectivity index (χ2v) is 5.69. The molecule has 2 aromatic rings. The van der Waals surface area contributed by atoms with Crippen molar-refractivity contribution < 1.29 is 4.79 Å². The van der Waals surface area contributed by atoms with E-state index in [1.807, 2.05) is 28.8 Å². The van der Waals surface area contributed by atoms with Gasteiger partial charge in [0.2, 0.25) is 5.91 Å². The van der Waals surface area contributed by atoms with Gasteiger partial charge in [0, 0.05) is 31.4 Å². The van der Waals surface area contributed by atoms with Crippen LogP contribution in [0.4, 0.5) is 0 Å². The summed E-state index contributed by atoms with van der Waals surface area (Å²) in [4.78, 5) is 14.2. The maximum Gasteiger partial charge on any atom is 0.225 e. The van der Waals surface area contributed by atoms with E-state index in [0.717, 1.165) is 25.1 Å². The lowest BCUT2D eigenvalue weighted by atomic mass is 10.1. The van der Waals surface area contributed by atoms with Crippen molar-refractivity contribution >= 4 is 5.91 Å². The highest BCUT2D eigenvalue weighted by molar-refractivity contribution is 5.81. The number of aryl methyl sites for hydroxylation is 1. The molecule has 1 amide bonds. The molecule has 1 aromatic carbocycles. The number of carbonyl (C=O) groups excluding carboxylic acids is 1. The molecule has 0 N–H and O–H groups in total. The number of rotatable bonds is 5. The molecule has 0 spiro atoms. The number of benzene rings is 1. The first-order valence-corrected chi connectivity index (χ1v) is 7.57. The Labute approximate surface area is 125 Å². The Morgan fingerprint density at radius 1 is 1.43 bits per heavy atom. The third-order valence-corrected chi connectivity index (χ3v) is 4.08. The van der Waals surface area contributed by atoms with E-state index >= 15 is 0 Å². The highest BCUT2D eigenvalue weighted by Gasteiger charge is 2.32. The van der Waals surface area contributed by atoms with Crippen LogP contribution >= 0.6 is 0 Å². The summed E-state index contributed by atoms with van der Waals surface area (Å²) >= 11 is 0. The summed E-state index contributed by atoms with van der Waals surface area (Å²) in [6, 6.07) is 8.20. The molecule has 0 aliphatic heterocycles. The lowest BCUT2D eigenvalue weighted by molar-refractivity contribution is -0.132. The summed E-state index contributed by atoms with van der Waals surface area (Å²) in [5.41, 5.74) is 3.45.